The van der Waals surface area contributed by atoms with Gasteiger partial charge < -0.3 is 15.4 Å². The zero-order valence-electron chi connectivity index (χ0n) is 14.8. The van der Waals surface area contributed by atoms with Crippen molar-refractivity contribution in [3.63, 3.8) is 0 Å². The van der Waals surface area contributed by atoms with Gasteiger partial charge in [0.15, 0.2) is 6.10 Å². The van der Waals surface area contributed by atoms with E-state index in [1.807, 2.05) is 0 Å². The van der Waals surface area contributed by atoms with E-state index in [0.29, 0.717) is 5.69 Å². The molecule has 8 nitrogen and oxygen atoms in total. The number of esters is 1. The van der Waals surface area contributed by atoms with Gasteiger partial charge in [0.1, 0.15) is 0 Å². The molecule has 0 bridgehead atoms. The molecule has 1 atom stereocenters. The third-order valence-electron chi connectivity index (χ3n) is 4.00. The molecule has 1 saturated carbocycles. The zero-order valence-corrected chi connectivity index (χ0v) is 14.8. The number of amides is 4. The first-order chi connectivity index (χ1) is 12.3. The van der Waals surface area contributed by atoms with Gasteiger partial charge >= 0.3 is 12.0 Å². The number of carbonyl (C=O) groups excluding carboxylic acids is 4. The Hall–Kier alpha value is -2.90. The van der Waals surface area contributed by atoms with Crippen molar-refractivity contribution in [1.29, 1.82) is 0 Å². The molecule has 0 aliphatic heterocycles. The highest BCUT2D eigenvalue weighted by Crippen LogP contribution is 2.17. The lowest BCUT2D eigenvalue weighted by Crippen LogP contribution is -2.47. The van der Waals surface area contributed by atoms with E-state index in [4.69, 9.17) is 4.74 Å². The Morgan fingerprint density at radius 3 is 2.50 bits per heavy atom. The fourth-order valence-corrected chi connectivity index (χ4v) is 2.71. The molecule has 1 aromatic carbocycles. The normalized spacial score (nSPS) is 15.0. The summed E-state index contributed by atoms with van der Waals surface area (Å²) in [6.07, 6.45) is 2.78. The van der Waals surface area contributed by atoms with Gasteiger partial charge in [-0.25, -0.2) is 9.59 Å². The summed E-state index contributed by atoms with van der Waals surface area (Å²) in [5.41, 5.74) is 0.631. The minimum Gasteiger partial charge on any atom is -0.449 e. The SMILES string of the molecule is CC(=O)Nc1cccc(C(=O)O[C@@H](C)C(=O)NC(=O)NC2CCCC2)c1. The summed E-state index contributed by atoms with van der Waals surface area (Å²) in [6.45, 7) is 2.74. The maximum absolute atomic E-state index is 12.1. The van der Waals surface area contributed by atoms with Crippen molar-refractivity contribution in [3.8, 4) is 0 Å². The van der Waals surface area contributed by atoms with Gasteiger partial charge in [0.05, 0.1) is 5.56 Å². The van der Waals surface area contributed by atoms with Crippen LogP contribution in [0.25, 0.3) is 0 Å². The molecule has 140 valence electrons. The van der Waals surface area contributed by atoms with Gasteiger partial charge in [0.2, 0.25) is 5.91 Å². The van der Waals surface area contributed by atoms with Crippen molar-refractivity contribution in [1.82, 2.24) is 10.6 Å². The maximum atomic E-state index is 12.1. The molecule has 1 aliphatic rings. The van der Waals surface area contributed by atoms with Crippen molar-refractivity contribution in [2.45, 2.75) is 51.7 Å². The number of imide groups is 1. The highest BCUT2D eigenvalue weighted by Gasteiger charge is 2.23. The molecule has 0 aromatic heterocycles. The summed E-state index contributed by atoms with van der Waals surface area (Å²) < 4.78 is 5.09. The monoisotopic (exact) mass is 361 g/mol. The molecule has 2 rings (SSSR count). The van der Waals surface area contributed by atoms with E-state index in [0.717, 1.165) is 25.7 Å². The summed E-state index contributed by atoms with van der Waals surface area (Å²) >= 11 is 0. The molecule has 0 heterocycles. The molecule has 3 N–H and O–H groups in total. The Morgan fingerprint density at radius 2 is 1.85 bits per heavy atom. The van der Waals surface area contributed by atoms with Crippen LogP contribution in [-0.4, -0.2) is 36.0 Å². The fraction of sp³-hybridized carbons (Fsp3) is 0.444. The Kier molecular flexibility index (Phi) is 6.71. The van der Waals surface area contributed by atoms with Crippen LogP contribution in [0.15, 0.2) is 24.3 Å². The van der Waals surface area contributed by atoms with Crippen molar-refractivity contribution in [2.75, 3.05) is 5.32 Å². The number of hydrogen-bond acceptors (Lipinski definition) is 5. The molecule has 1 aromatic rings. The molecule has 26 heavy (non-hydrogen) atoms. The Labute approximate surface area is 151 Å². The number of nitrogens with one attached hydrogen (secondary N) is 3. The number of ether oxygens (including phenoxy) is 1. The highest BCUT2D eigenvalue weighted by molar-refractivity contribution is 5.99. The van der Waals surface area contributed by atoms with E-state index in [1.165, 1.54) is 26.0 Å². The van der Waals surface area contributed by atoms with Crippen LogP contribution in [0.5, 0.6) is 0 Å². The average molecular weight is 361 g/mol. The third-order valence-corrected chi connectivity index (χ3v) is 4.00. The molecule has 0 unspecified atom stereocenters. The van der Waals surface area contributed by atoms with Crippen molar-refractivity contribution in [2.24, 2.45) is 0 Å². The van der Waals surface area contributed by atoms with Crippen LogP contribution >= 0.6 is 0 Å². The standard InChI is InChI=1S/C18H23N3O5/c1-11(16(23)21-18(25)20-14-7-3-4-8-14)26-17(24)13-6-5-9-15(10-13)19-12(2)22/h5-6,9-11,14H,3-4,7-8H2,1-2H3,(H,19,22)(H2,20,21,23,25)/t11-/m0/s1. The number of anilines is 1. The number of carbonyl (C=O) groups is 4. The minimum atomic E-state index is -1.14. The van der Waals surface area contributed by atoms with E-state index < -0.39 is 24.0 Å². The summed E-state index contributed by atoms with van der Waals surface area (Å²) in [6, 6.07) is 5.66. The Bertz CT molecular complexity index is 698. The van der Waals surface area contributed by atoms with Gasteiger partial charge in [0, 0.05) is 18.7 Å². The minimum absolute atomic E-state index is 0.0807. The first kappa shape index (κ1) is 19.4. The number of rotatable bonds is 5. The molecule has 1 fully saturated rings. The fourth-order valence-electron chi connectivity index (χ4n) is 2.71. The maximum Gasteiger partial charge on any atom is 0.338 e. The number of benzene rings is 1. The third kappa shape index (κ3) is 5.87. The second-order valence-corrected chi connectivity index (χ2v) is 6.25. The number of urea groups is 1. The zero-order chi connectivity index (χ0) is 19.1. The van der Waals surface area contributed by atoms with Crippen molar-refractivity contribution < 1.29 is 23.9 Å². The van der Waals surface area contributed by atoms with Crippen LogP contribution in [0.1, 0.15) is 49.9 Å². The van der Waals surface area contributed by atoms with Crippen LogP contribution in [0.4, 0.5) is 10.5 Å². The lowest BCUT2D eigenvalue weighted by molar-refractivity contribution is -0.127. The molecule has 4 amide bonds. The molecule has 8 heteroatoms. The smallest absolute Gasteiger partial charge is 0.338 e. The largest absolute Gasteiger partial charge is 0.449 e. The quantitative estimate of drug-likeness (QED) is 0.694. The molecule has 1 aliphatic carbocycles. The number of hydrogen-bond donors (Lipinski definition) is 3. The van der Waals surface area contributed by atoms with Crippen LogP contribution in [0, 0.1) is 0 Å². The Balaban J connectivity index is 1.86. The van der Waals surface area contributed by atoms with Gasteiger partial charge in [-0.2, -0.15) is 0 Å². The Morgan fingerprint density at radius 1 is 1.15 bits per heavy atom. The van der Waals surface area contributed by atoms with Crippen molar-refractivity contribution in [3.05, 3.63) is 29.8 Å². The van der Waals surface area contributed by atoms with Crippen LogP contribution in [0.2, 0.25) is 0 Å². The molecule has 0 radical (unpaired) electrons. The van der Waals surface area contributed by atoms with E-state index in [2.05, 4.69) is 16.0 Å². The van der Waals surface area contributed by atoms with E-state index >= 15 is 0 Å². The lowest BCUT2D eigenvalue weighted by Gasteiger charge is -2.15. The first-order valence-electron chi connectivity index (χ1n) is 8.55. The highest BCUT2D eigenvalue weighted by atomic mass is 16.5. The summed E-state index contributed by atoms with van der Waals surface area (Å²) in [5.74, 6) is -1.69. The van der Waals surface area contributed by atoms with Gasteiger partial charge in [0.25, 0.3) is 5.91 Å². The summed E-state index contributed by atoms with van der Waals surface area (Å²) in [7, 11) is 0. The van der Waals surface area contributed by atoms with E-state index in [1.54, 1.807) is 12.1 Å². The van der Waals surface area contributed by atoms with Gasteiger partial charge in [-0.3, -0.25) is 14.9 Å². The topological polar surface area (TPSA) is 114 Å². The predicted octanol–water partition coefficient (Wildman–Crippen LogP) is 1.96. The summed E-state index contributed by atoms with van der Waals surface area (Å²) in [5, 5.41) is 7.46. The first-order valence-corrected chi connectivity index (χ1v) is 8.55. The molecular formula is C18H23N3O5. The molecule has 0 saturated heterocycles. The van der Waals surface area contributed by atoms with Crippen molar-refractivity contribution >= 4 is 29.5 Å². The predicted molar refractivity (Wildman–Crippen MR) is 94.6 cm³/mol. The van der Waals surface area contributed by atoms with Gasteiger partial charge in [-0.15, -0.1) is 0 Å². The molecular weight excluding hydrogens is 338 g/mol. The second kappa shape index (κ2) is 8.98. The average Bonchev–Trinajstić information content (AvgIpc) is 3.07. The van der Waals surface area contributed by atoms with Gasteiger partial charge in [-0.05, 0) is 38.0 Å². The van der Waals surface area contributed by atoms with Crippen LogP contribution < -0.4 is 16.0 Å². The second-order valence-electron chi connectivity index (χ2n) is 6.25. The van der Waals surface area contributed by atoms with Gasteiger partial charge in [-0.1, -0.05) is 18.9 Å². The lowest BCUT2D eigenvalue weighted by atomic mass is 10.2. The molecule has 0 spiro atoms. The van der Waals surface area contributed by atoms with E-state index in [9.17, 15) is 19.2 Å². The van der Waals surface area contributed by atoms with E-state index in [-0.39, 0.29) is 17.5 Å². The van der Waals surface area contributed by atoms with Crippen LogP contribution in [-0.2, 0) is 14.3 Å². The van der Waals surface area contributed by atoms with Crippen LogP contribution in [0.3, 0.4) is 0 Å². The summed E-state index contributed by atoms with van der Waals surface area (Å²) in [4.78, 5) is 47.0.